The zero-order valence-corrected chi connectivity index (χ0v) is 33.8. The smallest absolute Gasteiger partial charge is 0.417 e. The summed E-state index contributed by atoms with van der Waals surface area (Å²) in [5.74, 6) is -0.487. The van der Waals surface area contributed by atoms with E-state index in [-0.39, 0.29) is 55.3 Å². The summed E-state index contributed by atoms with van der Waals surface area (Å²) in [6.07, 6.45) is 1.70. The van der Waals surface area contributed by atoms with Crippen molar-refractivity contribution in [3.63, 3.8) is 0 Å². The molecule has 2 amide bonds. The molecule has 2 atom stereocenters. The van der Waals surface area contributed by atoms with Crippen LogP contribution in [0.25, 0.3) is 32.7 Å². The molecule has 2 aliphatic rings. The van der Waals surface area contributed by atoms with Crippen LogP contribution in [0.3, 0.4) is 0 Å². The first kappa shape index (κ1) is 42.2. The number of hydrogen-bond acceptors (Lipinski definition) is 11. The highest BCUT2D eigenvalue weighted by Crippen LogP contribution is 2.41. The number of hydrogen-bond donors (Lipinski definition) is 1. The maximum absolute atomic E-state index is 13.9. The number of pyridine rings is 2. The van der Waals surface area contributed by atoms with Crippen molar-refractivity contribution in [2.24, 2.45) is 5.11 Å². The molecule has 0 saturated heterocycles. The SMILES string of the molecule is CCc1c2c(nc3ccc(OCN(C(=O)OC(CC#N)CCCCCN=[N+]=[N-])c4ccc(C(=O)N(CC)CC)cc4)cc13)-c1cc3c(c(=O)n1C2)COC(=O)[C@]3(O)CC. The van der Waals surface area contributed by atoms with Gasteiger partial charge in [-0.25, -0.2) is 19.5 Å². The fraction of sp³-hybridized carbons (Fsp3) is 0.442. The molecule has 2 aromatic heterocycles. The van der Waals surface area contributed by atoms with E-state index in [4.69, 9.17) is 24.7 Å². The molecule has 16 heteroatoms. The first-order valence-corrected chi connectivity index (χ1v) is 20.0. The summed E-state index contributed by atoms with van der Waals surface area (Å²) in [5.41, 5.74) is 11.2. The van der Waals surface area contributed by atoms with Crippen molar-refractivity contribution in [2.75, 3.05) is 31.3 Å². The van der Waals surface area contributed by atoms with E-state index in [9.17, 15) is 29.5 Å². The van der Waals surface area contributed by atoms with Crippen molar-refractivity contribution in [1.29, 1.82) is 5.26 Å². The molecule has 0 aliphatic carbocycles. The Morgan fingerprint density at radius 3 is 2.53 bits per heavy atom. The summed E-state index contributed by atoms with van der Waals surface area (Å²) >= 11 is 0. The quantitative estimate of drug-likeness (QED) is 0.0248. The van der Waals surface area contributed by atoms with Crippen LogP contribution < -0.4 is 15.2 Å². The van der Waals surface area contributed by atoms with E-state index in [1.807, 2.05) is 26.8 Å². The van der Waals surface area contributed by atoms with E-state index in [1.54, 1.807) is 58.9 Å². The summed E-state index contributed by atoms with van der Waals surface area (Å²) in [5, 5.41) is 25.1. The lowest BCUT2D eigenvalue weighted by molar-refractivity contribution is -0.172. The molecule has 2 aliphatic heterocycles. The van der Waals surface area contributed by atoms with Gasteiger partial charge in [-0.1, -0.05) is 25.4 Å². The highest BCUT2D eigenvalue weighted by atomic mass is 16.6. The zero-order valence-electron chi connectivity index (χ0n) is 33.8. The number of azide groups is 1. The van der Waals surface area contributed by atoms with Crippen molar-refractivity contribution in [3.8, 4) is 23.2 Å². The van der Waals surface area contributed by atoms with Crippen molar-refractivity contribution in [3.05, 3.63) is 97.1 Å². The van der Waals surface area contributed by atoms with Gasteiger partial charge in [0, 0.05) is 46.6 Å². The molecule has 0 bridgehead atoms. The van der Waals surface area contributed by atoms with Crippen molar-refractivity contribution in [2.45, 2.75) is 97.5 Å². The van der Waals surface area contributed by atoms with Crippen LogP contribution in [0.5, 0.6) is 5.75 Å². The van der Waals surface area contributed by atoms with Crippen LogP contribution in [0, 0.1) is 11.3 Å². The number of aromatic nitrogens is 2. The third-order valence-corrected chi connectivity index (χ3v) is 11.1. The van der Waals surface area contributed by atoms with Gasteiger partial charge >= 0.3 is 12.1 Å². The van der Waals surface area contributed by atoms with E-state index in [0.29, 0.717) is 79.2 Å². The number of nitriles is 1. The standard InChI is InChI=1S/C43H48N8O8/c1-5-31-32-22-30(17-18-36(32)47-38-33(31)24-50-37(38)23-35-34(40(50)53)25-57-41(54)43(35,56)6-2)58-26-51(28-15-13-27(14-16-28)39(52)49(7-3)8-4)42(55)59-29(19-20-44)12-10-9-11-21-46-48-45/h13-18,22-23,29,56H,5-12,19,21,24-26H2,1-4H3/t29?,43-/m0/s1. The molecule has 4 heterocycles. The highest BCUT2D eigenvalue weighted by molar-refractivity contribution is 5.95. The van der Waals surface area contributed by atoms with E-state index in [1.165, 1.54) is 4.90 Å². The van der Waals surface area contributed by atoms with Gasteiger partial charge in [0.2, 0.25) is 0 Å². The molecule has 2 aromatic carbocycles. The molecule has 4 aromatic rings. The van der Waals surface area contributed by atoms with E-state index in [0.717, 1.165) is 22.9 Å². The van der Waals surface area contributed by atoms with Gasteiger partial charge in [-0.2, -0.15) is 5.26 Å². The van der Waals surface area contributed by atoms with Gasteiger partial charge in [-0.05, 0) is 106 Å². The fourth-order valence-electron chi connectivity index (χ4n) is 7.77. The molecule has 0 radical (unpaired) electrons. The summed E-state index contributed by atoms with van der Waals surface area (Å²) in [6, 6.07) is 15.8. The molecule has 0 spiro atoms. The van der Waals surface area contributed by atoms with Crippen molar-refractivity contribution < 1.29 is 33.7 Å². The summed E-state index contributed by atoms with van der Waals surface area (Å²) < 4.78 is 19.0. The lowest BCUT2D eigenvalue weighted by atomic mass is 9.86. The highest BCUT2D eigenvalue weighted by Gasteiger charge is 2.45. The second-order valence-corrected chi connectivity index (χ2v) is 14.5. The maximum atomic E-state index is 13.9. The first-order chi connectivity index (χ1) is 28.5. The molecule has 1 N–H and O–H groups in total. The number of unbranched alkanes of at least 4 members (excludes halogenated alkanes) is 2. The zero-order chi connectivity index (χ0) is 42.3. The number of aliphatic hydroxyl groups is 1. The fourth-order valence-corrected chi connectivity index (χ4v) is 7.77. The molecule has 0 saturated carbocycles. The van der Waals surface area contributed by atoms with Crippen LogP contribution >= 0.6 is 0 Å². The third kappa shape index (κ3) is 8.43. The molecular formula is C43H48N8O8. The van der Waals surface area contributed by atoms with Gasteiger partial charge in [0.1, 0.15) is 18.5 Å². The van der Waals surface area contributed by atoms with Crippen LogP contribution in [0.15, 0.2) is 58.4 Å². The van der Waals surface area contributed by atoms with Gasteiger partial charge in [0.15, 0.2) is 12.3 Å². The largest absolute Gasteiger partial charge is 0.473 e. The van der Waals surface area contributed by atoms with E-state index >= 15 is 0 Å². The predicted molar refractivity (Wildman–Crippen MR) is 219 cm³/mol. The van der Waals surface area contributed by atoms with Crippen LogP contribution in [0.1, 0.15) is 98.8 Å². The van der Waals surface area contributed by atoms with Gasteiger partial charge < -0.3 is 28.8 Å². The number of anilines is 1. The Morgan fingerprint density at radius 2 is 1.85 bits per heavy atom. The number of rotatable bonds is 17. The third-order valence-electron chi connectivity index (χ3n) is 11.1. The number of cyclic esters (lactones) is 1. The second kappa shape index (κ2) is 18.4. The molecule has 0 fully saturated rings. The van der Waals surface area contributed by atoms with Crippen LogP contribution in [-0.4, -0.2) is 70.0 Å². The van der Waals surface area contributed by atoms with Crippen molar-refractivity contribution >= 4 is 34.6 Å². The Hall–Kier alpha value is -6.43. The normalized spacial score (nSPS) is 15.5. The molecular weight excluding hydrogens is 757 g/mol. The molecule has 1 unspecified atom stereocenters. The summed E-state index contributed by atoms with van der Waals surface area (Å²) in [6.45, 7) is 8.70. The monoisotopic (exact) mass is 804 g/mol. The summed E-state index contributed by atoms with van der Waals surface area (Å²) in [7, 11) is 0. The topological polar surface area (TPSA) is 213 Å². The molecule has 6 rings (SSSR count). The minimum absolute atomic E-state index is 0.0140. The van der Waals surface area contributed by atoms with Crippen LogP contribution in [-0.2, 0) is 39.4 Å². The van der Waals surface area contributed by atoms with Crippen LogP contribution in [0.4, 0.5) is 10.5 Å². The summed E-state index contributed by atoms with van der Waals surface area (Å²) in [4.78, 5) is 64.1. The Morgan fingerprint density at radius 1 is 1.08 bits per heavy atom. The lowest BCUT2D eigenvalue weighted by Crippen LogP contribution is -2.44. The number of esters is 1. The Labute approximate surface area is 341 Å². The number of ether oxygens (including phenoxy) is 3. The lowest BCUT2D eigenvalue weighted by Gasteiger charge is -2.31. The Balaban J connectivity index is 1.29. The molecule has 16 nitrogen and oxygen atoms in total. The number of aryl methyl sites for hydroxylation is 1. The van der Waals surface area contributed by atoms with Crippen molar-refractivity contribution in [1.82, 2.24) is 14.5 Å². The second-order valence-electron chi connectivity index (χ2n) is 14.5. The number of benzene rings is 2. The Kier molecular flexibility index (Phi) is 13.2. The number of carbonyl (C=O) groups excluding carboxylic acids is 3. The van der Waals surface area contributed by atoms with Gasteiger partial charge in [0.25, 0.3) is 11.5 Å². The average Bonchev–Trinajstić information content (AvgIpc) is 3.61. The Bertz CT molecular complexity index is 2400. The molecule has 308 valence electrons. The van der Waals surface area contributed by atoms with Gasteiger partial charge in [-0.3, -0.25) is 9.59 Å². The van der Waals surface area contributed by atoms with Gasteiger partial charge in [-0.15, -0.1) is 0 Å². The number of amides is 2. The minimum Gasteiger partial charge on any atom is -0.473 e. The molecule has 59 heavy (non-hydrogen) atoms. The number of nitrogens with zero attached hydrogens (tertiary/aromatic N) is 8. The van der Waals surface area contributed by atoms with Gasteiger partial charge in [0.05, 0.1) is 47.2 Å². The maximum Gasteiger partial charge on any atom is 0.417 e. The van der Waals surface area contributed by atoms with Crippen LogP contribution in [0.2, 0.25) is 0 Å². The average molecular weight is 805 g/mol. The minimum atomic E-state index is -1.93. The number of carbonyl (C=O) groups is 3. The van der Waals surface area contributed by atoms with E-state index in [2.05, 4.69) is 16.1 Å². The number of fused-ring (bicyclic) bond motifs is 5. The van der Waals surface area contributed by atoms with E-state index < -0.39 is 23.8 Å². The predicted octanol–water partition coefficient (Wildman–Crippen LogP) is 7.26. The first-order valence-electron chi connectivity index (χ1n) is 20.0.